The van der Waals surface area contributed by atoms with Gasteiger partial charge >= 0.3 is 0 Å². The van der Waals surface area contributed by atoms with Crippen molar-refractivity contribution in [2.24, 2.45) is 27.4 Å². The van der Waals surface area contributed by atoms with Crippen LogP contribution >= 0.6 is 11.8 Å². The monoisotopic (exact) mass is 333 g/mol. The molecule has 124 valence electrons. The molecule has 1 saturated heterocycles. The van der Waals surface area contributed by atoms with Crippen molar-refractivity contribution in [2.75, 3.05) is 13.1 Å². The zero-order valence-electron chi connectivity index (χ0n) is 13.3. The van der Waals surface area contributed by atoms with Crippen LogP contribution in [-0.2, 0) is 4.79 Å². The van der Waals surface area contributed by atoms with Gasteiger partial charge in [-0.25, -0.2) is 4.99 Å². The summed E-state index contributed by atoms with van der Waals surface area (Å²) in [7, 11) is 0. The molecule has 3 atom stereocenters. The van der Waals surface area contributed by atoms with E-state index in [0.29, 0.717) is 10.9 Å². The Morgan fingerprint density at radius 3 is 3.04 bits per heavy atom. The highest BCUT2D eigenvalue weighted by atomic mass is 32.2. The first-order valence-electron chi connectivity index (χ1n) is 8.01. The molecule has 1 fully saturated rings. The molecule has 0 saturated carbocycles. The zero-order chi connectivity index (χ0) is 16.4. The van der Waals surface area contributed by atoms with Crippen LogP contribution in [0.25, 0.3) is 0 Å². The average molecular weight is 333 g/mol. The number of nitrogens with zero attached hydrogens (tertiary/aromatic N) is 2. The van der Waals surface area contributed by atoms with Gasteiger partial charge in [0.15, 0.2) is 0 Å². The van der Waals surface area contributed by atoms with Crippen molar-refractivity contribution in [3.05, 3.63) is 23.4 Å². The number of amides is 1. The van der Waals surface area contributed by atoms with E-state index in [9.17, 15) is 4.79 Å². The number of nitrogens with one attached hydrogen (secondary N) is 1. The van der Waals surface area contributed by atoms with E-state index in [2.05, 4.69) is 34.4 Å². The minimum atomic E-state index is -0.714. The average Bonchev–Trinajstić information content (AvgIpc) is 2.90. The number of primary amides is 1. The number of nitrogens with two attached hydrogens (primary N) is 2. The fourth-order valence-corrected chi connectivity index (χ4v) is 4.32. The lowest BCUT2D eigenvalue weighted by Crippen LogP contribution is -2.42. The molecule has 3 unspecified atom stereocenters. The highest BCUT2D eigenvalue weighted by Gasteiger charge is 2.35. The number of amidine groups is 1. The number of allylic oxidation sites excluding steroid dienone is 3. The normalized spacial score (nSPS) is 29.3. The van der Waals surface area contributed by atoms with Crippen LogP contribution in [0.3, 0.4) is 0 Å². The van der Waals surface area contributed by atoms with Crippen molar-refractivity contribution in [1.82, 2.24) is 5.32 Å². The summed E-state index contributed by atoms with van der Waals surface area (Å²) in [6, 6.07) is 0.114. The van der Waals surface area contributed by atoms with Crippen LogP contribution in [0, 0.1) is 5.92 Å². The maximum atomic E-state index is 12.0. The molecule has 6 nitrogen and oxygen atoms in total. The smallest absolute Gasteiger partial charge is 0.234 e. The highest BCUT2D eigenvalue weighted by Crippen LogP contribution is 2.38. The first-order chi connectivity index (χ1) is 11.0. The number of aliphatic imine (C=N–C) groups is 2. The quantitative estimate of drug-likeness (QED) is 0.526. The Labute approximate surface area is 140 Å². The predicted octanol–water partition coefficient (Wildman–Crippen LogP) is 0.945. The van der Waals surface area contributed by atoms with Gasteiger partial charge in [-0.15, -0.1) is 0 Å². The number of carbonyl (C=O) groups excluding carboxylic acids is 1. The lowest BCUT2D eigenvalue weighted by molar-refractivity contribution is -0.118. The Morgan fingerprint density at radius 2 is 2.35 bits per heavy atom. The molecule has 3 aliphatic rings. The maximum absolute atomic E-state index is 12.0. The van der Waals surface area contributed by atoms with Gasteiger partial charge in [-0.3, -0.25) is 9.79 Å². The van der Waals surface area contributed by atoms with Gasteiger partial charge in [-0.1, -0.05) is 23.4 Å². The molecule has 0 radical (unpaired) electrons. The molecule has 2 aliphatic heterocycles. The van der Waals surface area contributed by atoms with Gasteiger partial charge in [0.2, 0.25) is 5.91 Å². The van der Waals surface area contributed by atoms with Crippen LogP contribution in [0.5, 0.6) is 0 Å². The van der Waals surface area contributed by atoms with Gasteiger partial charge < -0.3 is 16.8 Å². The van der Waals surface area contributed by atoms with Gasteiger partial charge in [-0.2, -0.15) is 0 Å². The summed E-state index contributed by atoms with van der Waals surface area (Å²) >= 11 is 1.58. The predicted molar refractivity (Wildman–Crippen MR) is 95.5 cm³/mol. The molecule has 1 amide bonds. The molecule has 0 aromatic carbocycles. The van der Waals surface area contributed by atoms with E-state index in [-0.39, 0.29) is 11.3 Å². The number of thioether (sulfide) groups is 1. The lowest BCUT2D eigenvalue weighted by atomic mass is 10.0. The SMILES string of the molecule is CC1=CCC2SC(C(C(N)=O)C(N)=NC3CCCNC3)=NC2=C1. The van der Waals surface area contributed by atoms with Crippen LogP contribution in [-0.4, -0.2) is 41.2 Å². The third-order valence-electron chi connectivity index (χ3n) is 4.29. The molecular weight excluding hydrogens is 310 g/mol. The summed E-state index contributed by atoms with van der Waals surface area (Å²) in [5.41, 5.74) is 13.9. The third-order valence-corrected chi connectivity index (χ3v) is 5.58. The van der Waals surface area contributed by atoms with E-state index in [1.54, 1.807) is 11.8 Å². The summed E-state index contributed by atoms with van der Waals surface area (Å²) in [5, 5.41) is 4.24. The number of hydrogen-bond donors (Lipinski definition) is 3. The molecule has 0 aromatic rings. The van der Waals surface area contributed by atoms with Crippen LogP contribution in [0.2, 0.25) is 0 Å². The molecule has 0 bridgehead atoms. The number of carbonyl (C=O) groups is 1. The molecule has 1 aliphatic carbocycles. The van der Waals surface area contributed by atoms with Crippen molar-refractivity contribution in [3.8, 4) is 0 Å². The van der Waals surface area contributed by atoms with E-state index in [0.717, 1.165) is 38.0 Å². The second kappa shape index (κ2) is 6.88. The number of rotatable bonds is 4. The molecular formula is C16H23N5OS. The minimum absolute atomic E-state index is 0.114. The summed E-state index contributed by atoms with van der Waals surface area (Å²) in [4.78, 5) is 21.1. The molecule has 2 heterocycles. The van der Waals surface area contributed by atoms with E-state index in [1.165, 1.54) is 5.57 Å². The number of hydrogen-bond acceptors (Lipinski definition) is 5. The van der Waals surface area contributed by atoms with Crippen molar-refractivity contribution in [3.63, 3.8) is 0 Å². The largest absolute Gasteiger partial charge is 0.386 e. The Balaban J connectivity index is 1.81. The molecule has 3 rings (SSSR count). The van der Waals surface area contributed by atoms with Crippen molar-refractivity contribution >= 4 is 28.5 Å². The van der Waals surface area contributed by atoms with E-state index in [1.807, 2.05) is 0 Å². The van der Waals surface area contributed by atoms with Gasteiger partial charge in [0.1, 0.15) is 11.8 Å². The minimum Gasteiger partial charge on any atom is -0.386 e. The second-order valence-corrected chi connectivity index (χ2v) is 7.42. The molecule has 0 aromatic heterocycles. The first kappa shape index (κ1) is 16.3. The fraction of sp³-hybridized carbons (Fsp3) is 0.562. The Kier molecular flexibility index (Phi) is 4.87. The van der Waals surface area contributed by atoms with Crippen LogP contribution < -0.4 is 16.8 Å². The van der Waals surface area contributed by atoms with Gasteiger partial charge in [-0.05, 0) is 38.8 Å². The first-order valence-corrected chi connectivity index (χ1v) is 8.89. The van der Waals surface area contributed by atoms with Gasteiger partial charge in [0.25, 0.3) is 0 Å². The summed E-state index contributed by atoms with van der Waals surface area (Å²) < 4.78 is 0. The Hall–Kier alpha value is -1.60. The topological polar surface area (TPSA) is 106 Å². The molecule has 7 heteroatoms. The summed E-state index contributed by atoms with van der Waals surface area (Å²) in [6.45, 7) is 3.86. The maximum Gasteiger partial charge on any atom is 0.234 e. The fourth-order valence-electron chi connectivity index (χ4n) is 3.07. The lowest BCUT2D eigenvalue weighted by Gasteiger charge is -2.21. The van der Waals surface area contributed by atoms with Crippen molar-refractivity contribution < 1.29 is 4.79 Å². The molecule has 0 spiro atoms. The van der Waals surface area contributed by atoms with Crippen molar-refractivity contribution in [1.29, 1.82) is 0 Å². The Morgan fingerprint density at radius 1 is 1.52 bits per heavy atom. The van der Waals surface area contributed by atoms with Crippen LogP contribution in [0.15, 0.2) is 33.4 Å². The summed E-state index contributed by atoms with van der Waals surface area (Å²) in [6.07, 6.45) is 7.22. The van der Waals surface area contributed by atoms with Crippen molar-refractivity contribution in [2.45, 2.75) is 37.5 Å². The van der Waals surface area contributed by atoms with Gasteiger partial charge in [0.05, 0.1) is 22.0 Å². The van der Waals surface area contributed by atoms with Gasteiger partial charge in [0, 0.05) is 6.54 Å². The Bertz CT molecular complexity index is 616. The van der Waals surface area contributed by atoms with Crippen LogP contribution in [0.4, 0.5) is 0 Å². The zero-order valence-corrected chi connectivity index (χ0v) is 14.1. The molecule has 5 N–H and O–H groups in total. The van der Waals surface area contributed by atoms with Crippen LogP contribution in [0.1, 0.15) is 26.2 Å². The highest BCUT2D eigenvalue weighted by molar-refractivity contribution is 8.15. The van der Waals surface area contributed by atoms with E-state index >= 15 is 0 Å². The summed E-state index contributed by atoms with van der Waals surface area (Å²) in [5.74, 6) is -0.902. The number of fused-ring (bicyclic) bond motifs is 1. The second-order valence-electron chi connectivity index (χ2n) is 6.20. The number of piperidine rings is 1. The third kappa shape index (κ3) is 3.67. The standard InChI is InChI=1S/C16H23N5OS/c1-9-4-5-12-11(7-9)21-16(23-12)13(15(18)22)14(17)20-10-3-2-6-19-8-10/h4,7,10,12-13,19H,2-3,5-6,8H2,1H3,(H2,17,20)(H2,18,22). The van der Waals surface area contributed by atoms with E-state index in [4.69, 9.17) is 11.5 Å². The van der Waals surface area contributed by atoms with E-state index < -0.39 is 11.8 Å². The molecule has 23 heavy (non-hydrogen) atoms.